The Balaban J connectivity index is 1.69. The van der Waals surface area contributed by atoms with Gasteiger partial charge in [-0.15, -0.1) is 0 Å². The summed E-state index contributed by atoms with van der Waals surface area (Å²) in [5, 5.41) is 22.1. The third-order valence-electron chi connectivity index (χ3n) is 8.43. The van der Waals surface area contributed by atoms with Crippen molar-refractivity contribution in [3.05, 3.63) is 62.6 Å². The van der Waals surface area contributed by atoms with E-state index >= 15 is 0 Å². The molecule has 5 rings (SSSR count). The Morgan fingerprint density at radius 3 is 2.70 bits per heavy atom. The molecular formula is C26H32N2O5. The zero-order chi connectivity index (χ0) is 23.5. The number of likely N-dealkylation sites (tertiary alicyclic amines) is 1. The molecular weight excluding hydrogens is 420 g/mol. The molecule has 1 saturated heterocycles. The van der Waals surface area contributed by atoms with E-state index in [0.29, 0.717) is 24.3 Å². The summed E-state index contributed by atoms with van der Waals surface area (Å²) in [6.45, 7) is 6.00. The number of ether oxygens (including phenoxy) is 1. The van der Waals surface area contributed by atoms with E-state index in [1.165, 1.54) is 18.9 Å². The number of rotatable bonds is 5. The summed E-state index contributed by atoms with van der Waals surface area (Å²) in [4.78, 5) is 29.4. The Morgan fingerprint density at radius 2 is 2.03 bits per heavy atom. The first-order valence-electron chi connectivity index (χ1n) is 11.8. The SMILES string of the molecule is COc1ccc(C)c([C@]23CCN(CC4CC4)[C@H](C)[C@]2(O)Cc2cc(C(=O)O)c(=O)[nH]c2C3)c1. The number of carbonyl (C=O) groups is 1. The molecule has 3 atom stereocenters. The number of hydrogen-bond acceptors (Lipinski definition) is 5. The number of hydrogen-bond donors (Lipinski definition) is 3. The molecule has 7 nitrogen and oxygen atoms in total. The van der Waals surface area contributed by atoms with E-state index in [2.05, 4.69) is 23.7 Å². The Bertz CT molecular complexity index is 1170. The van der Waals surface area contributed by atoms with Gasteiger partial charge in [-0.25, -0.2) is 4.79 Å². The highest BCUT2D eigenvalue weighted by Gasteiger charge is 2.61. The molecule has 2 heterocycles. The summed E-state index contributed by atoms with van der Waals surface area (Å²) in [5.74, 6) is 0.187. The maximum Gasteiger partial charge on any atom is 0.341 e. The molecule has 7 heteroatoms. The molecule has 2 fully saturated rings. The number of piperidine rings is 1. The summed E-state index contributed by atoms with van der Waals surface area (Å²) in [5.41, 5.74) is 0.931. The first-order valence-corrected chi connectivity index (χ1v) is 11.8. The van der Waals surface area contributed by atoms with Crippen molar-refractivity contribution in [2.45, 2.75) is 63.0 Å². The highest BCUT2D eigenvalue weighted by atomic mass is 16.5. The van der Waals surface area contributed by atoms with Crippen molar-refractivity contribution in [2.75, 3.05) is 20.2 Å². The van der Waals surface area contributed by atoms with Crippen LogP contribution in [-0.2, 0) is 18.3 Å². The van der Waals surface area contributed by atoms with Crippen LogP contribution in [0.1, 0.15) is 58.9 Å². The predicted molar refractivity (Wildman–Crippen MR) is 124 cm³/mol. The normalized spacial score (nSPS) is 29.3. The number of pyridine rings is 1. The second-order valence-electron chi connectivity index (χ2n) is 10.2. The van der Waals surface area contributed by atoms with Crippen LogP contribution in [0, 0.1) is 12.8 Å². The standard InChI is InChI=1S/C26H32N2O5/c1-15-4-7-19(33-3)11-21(15)25-8-9-28(14-17-5-6-17)16(2)26(25,32)12-18-10-20(24(30)31)23(29)27-22(18)13-25/h4,7,10-11,16-17,32H,5-6,8-9,12-14H2,1-3H3,(H,27,29)(H,30,31)/t16-,25-,26-/m1/s1. The van der Waals surface area contributed by atoms with Gasteiger partial charge < -0.3 is 19.9 Å². The minimum Gasteiger partial charge on any atom is -0.497 e. The molecule has 0 spiro atoms. The van der Waals surface area contributed by atoms with Gasteiger partial charge in [0.05, 0.1) is 12.7 Å². The maximum atomic E-state index is 12.6. The van der Waals surface area contributed by atoms with Gasteiger partial charge >= 0.3 is 5.97 Å². The summed E-state index contributed by atoms with van der Waals surface area (Å²) < 4.78 is 5.53. The highest BCUT2D eigenvalue weighted by Crippen LogP contribution is 2.54. The summed E-state index contributed by atoms with van der Waals surface area (Å²) in [7, 11) is 1.64. The van der Waals surface area contributed by atoms with Gasteiger partial charge in [0.1, 0.15) is 11.3 Å². The number of nitrogens with one attached hydrogen (secondary N) is 1. The number of aliphatic hydroxyl groups is 1. The second-order valence-corrected chi connectivity index (χ2v) is 10.2. The van der Waals surface area contributed by atoms with Crippen LogP contribution in [0.3, 0.4) is 0 Å². The van der Waals surface area contributed by atoms with E-state index in [0.717, 1.165) is 42.1 Å². The number of methoxy groups -OCH3 is 1. The number of aromatic nitrogens is 1. The van der Waals surface area contributed by atoms with Gasteiger partial charge in [-0.2, -0.15) is 0 Å². The van der Waals surface area contributed by atoms with Crippen molar-refractivity contribution in [1.82, 2.24) is 9.88 Å². The molecule has 33 heavy (non-hydrogen) atoms. The van der Waals surface area contributed by atoms with Gasteiger partial charge in [0.15, 0.2) is 0 Å². The summed E-state index contributed by atoms with van der Waals surface area (Å²) >= 11 is 0. The smallest absolute Gasteiger partial charge is 0.341 e. The second kappa shape index (κ2) is 7.71. The van der Waals surface area contributed by atoms with Crippen LogP contribution >= 0.6 is 0 Å². The number of benzene rings is 1. The minimum atomic E-state index is -1.25. The van der Waals surface area contributed by atoms with Crippen molar-refractivity contribution in [3.8, 4) is 5.75 Å². The lowest BCUT2D eigenvalue weighted by atomic mass is 9.53. The van der Waals surface area contributed by atoms with Gasteiger partial charge in [-0.1, -0.05) is 6.07 Å². The van der Waals surface area contributed by atoms with Gasteiger partial charge in [-0.3, -0.25) is 9.69 Å². The van der Waals surface area contributed by atoms with Crippen LogP contribution < -0.4 is 10.3 Å². The molecule has 2 aromatic rings. The maximum absolute atomic E-state index is 12.6. The molecule has 0 amide bonds. The number of nitrogens with zero attached hydrogens (tertiary/aromatic N) is 1. The molecule has 0 unspecified atom stereocenters. The van der Waals surface area contributed by atoms with Crippen LogP contribution in [0.25, 0.3) is 0 Å². The van der Waals surface area contributed by atoms with E-state index < -0.39 is 22.5 Å². The minimum absolute atomic E-state index is 0.120. The van der Waals surface area contributed by atoms with Crippen molar-refractivity contribution in [2.24, 2.45) is 5.92 Å². The fraction of sp³-hybridized carbons (Fsp3) is 0.538. The molecule has 3 aliphatic rings. The molecule has 1 aliphatic heterocycles. The molecule has 0 bridgehead atoms. The largest absolute Gasteiger partial charge is 0.497 e. The Hall–Kier alpha value is -2.64. The third kappa shape index (κ3) is 3.40. The first kappa shape index (κ1) is 22.2. The van der Waals surface area contributed by atoms with Gasteiger partial charge in [0, 0.05) is 36.5 Å². The summed E-state index contributed by atoms with van der Waals surface area (Å²) in [6.07, 6.45) is 3.97. The Labute approximate surface area is 193 Å². The van der Waals surface area contributed by atoms with E-state index in [1.807, 2.05) is 18.2 Å². The topological polar surface area (TPSA) is 103 Å². The van der Waals surface area contributed by atoms with Crippen molar-refractivity contribution >= 4 is 5.97 Å². The molecule has 1 aromatic carbocycles. The fourth-order valence-electron chi connectivity index (χ4n) is 6.27. The van der Waals surface area contributed by atoms with Crippen LogP contribution in [-0.4, -0.2) is 57.9 Å². The summed E-state index contributed by atoms with van der Waals surface area (Å²) in [6, 6.07) is 7.32. The average Bonchev–Trinajstić information content (AvgIpc) is 3.60. The Morgan fingerprint density at radius 1 is 1.27 bits per heavy atom. The van der Waals surface area contributed by atoms with E-state index in [-0.39, 0.29) is 11.6 Å². The third-order valence-corrected chi connectivity index (χ3v) is 8.43. The van der Waals surface area contributed by atoms with Crippen LogP contribution in [0.2, 0.25) is 0 Å². The van der Waals surface area contributed by atoms with E-state index in [9.17, 15) is 19.8 Å². The lowest BCUT2D eigenvalue weighted by Gasteiger charge is -2.60. The molecule has 2 aliphatic carbocycles. The number of aromatic amines is 1. The quantitative estimate of drug-likeness (QED) is 0.645. The van der Waals surface area contributed by atoms with Crippen LogP contribution in [0.5, 0.6) is 5.75 Å². The predicted octanol–water partition coefficient (Wildman–Crippen LogP) is 2.66. The van der Waals surface area contributed by atoms with Gasteiger partial charge in [-0.05, 0) is 80.5 Å². The average molecular weight is 453 g/mol. The number of fused-ring (bicyclic) bond motifs is 2. The highest BCUT2D eigenvalue weighted by molar-refractivity contribution is 5.87. The van der Waals surface area contributed by atoms with Crippen molar-refractivity contribution in [3.63, 3.8) is 0 Å². The van der Waals surface area contributed by atoms with Crippen molar-refractivity contribution in [1.29, 1.82) is 0 Å². The van der Waals surface area contributed by atoms with Crippen molar-refractivity contribution < 1.29 is 19.7 Å². The lowest BCUT2D eigenvalue weighted by molar-refractivity contribution is -0.139. The fourth-order valence-corrected chi connectivity index (χ4v) is 6.27. The monoisotopic (exact) mass is 452 g/mol. The van der Waals surface area contributed by atoms with E-state index in [1.54, 1.807) is 7.11 Å². The van der Waals surface area contributed by atoms with E-state index in [4.69, 9.17) is 4.74 Å². The molecule has 176 valence electrons. The molecule has 3 N–H and O–H groups in total. The van der Waals surface area contributed by atoms with Gasteiger partial charge in [0.2, 0.25) is 0 Å². The molecule has 0 radical (unpaired) electrons. The Kier molecular flexibility index (Phi) is 5.18. The number of carboxylic acids is 1. The zero-order valence-corrected chi connectivity index (χ0v) is 19.5. The van der Waals surface area contributed by atoms with Crippen LogP contribution in [0.15, 0.2) is 29.1 Å². The first-order chi connectivity index (χ1) is 15.7. The molecule has 1 aromatic heterocycles. The van der Waals surface area contributed by atoms with Gasteiger partial charge in [0.25, 0.3) is 5.56 Å². The lowest BCUT2D eigenvalue weighted by Crippen LogP contribution is -2.71. The zero-order valence-electron chi connectivity index (χ0n) is 19.5. The number of aromatic carboxylic acids is 1. The molecule has 1 saturated carbocycles. The number of aryl methyl sites for hydroxylation is 1. The number of carboxylic acid groups (broad SMARTS) is 1. The van der Waals surface area contributed by atoms with Crippen LogP contribution in [0.4, 0.5) is 0 Å². The number of H-pyrrole nitrogens is 1.